The van der Waals surface area contributed by atoms with Crippen molar-refractivity contribution in [3.63, 3.8) is 0 Å². The lowest BCUT2D eigenvalue weighted by atomic mass is 10.3. The van der Waals surface area contributed by atoms with E-state index in [2.05, 4.69) is 10.6 Å². The smallest absolute Gasteiger partial charge is 0.231 e. The molecule has 0 bridgehead atoms. The maximum Gasteiger partial charge on any atom is 0.231 e. The molecule has 21 heavy (non-hydrogen) atoms. The third-order valence-corrected chi connectivity index (χ3v) is 3.85. The van der Waals surface area contributed by atoms with Crippen LogP contribution in [0.2, 0.25) is 10.0 Å². The molecule has 3 rings (SSSR count). The van der Waals surface area contributed by atoms with Gasteiger partial charge in [-0.15, -0.1) is 0 Å². The summed E-state index contributed by atoms with van der Waals surface area (Å²) in [6, 6.07) is 10.8. The predicted molar refractivity (Wildman–Crippen MR) is 88.9 cm³/mol. The van der Waals surface area contributed by atoms with Crippen LogP contribution < -0.4 is 20.1 Å². The van der Waals surface area contributed by atoms with E-state index >= 15 is 0 Å². The van der Waals surface area contributed by atoms with Gasteiger partial charge in [0.15, 0.2) is 16.6 Å². The molecule has 0 spiro atoms. The molecule has 7 heteroatoms. The topological polar surface area (TPSA) is 42.5 Å². The summed E-state index contributed by atoms with van der Waals surface area (Å²) in [4.78, 5) is 0. The molecule has 1 aliphatic heterocycles. The highest BCUT2D eigenvalue weighted by Crippen LogP contribution is 2.34. The lowest BCUT2D eigenvalue weighted by molar-refractivity contribution is 0.174. The predicted octanol–water partition coefficient (Wildman–Crippen LogP) is 4.53. The van der Waals surface area contributed by atoms with Crippen molar-refractivity contribution >= 4 is 51.9 Å². The molecule has 0 unspecified atom stereocenters. The first-order valence-electron chi connectivity index (χ1n) is 6.05. The van der Waals surface area contributed by atoms with Gasteiger partial charge in [-0.25, -0.2) is 0 Å². The van der Waals surface area contributed by atoms with Crippen LogP contribution in [0.5, 0.6) is 11.5 Å². The highest BCUT2D eigenvalue weighted by Gasteiger charge is 2.13. The zero-order valence-electron chi connectivity index (χ0n) is 10.7. The number of thiocarbonyl (C=S) groups is 1. The normalized spacial score (nSPS) is 12.1. The molecule has 4 nitrogen and oxygen atoms in total. The Labute approximate surface area is 137 Å². The number of hydrogen-bond donors (Lipinski definition) is 2. The van der Waals surface area contributed by atoms with E-state index in [4.69, 9.17) is 44.9 Å². The largest absolute Gasteiger partial charge is 0.454 e. The van der Waals surface area contributed by atoms with Gasteiger partial charge in [-0.2, -0.15) is 0 Å². The quantitative estimate of drug-likeness (QED) is 0.786. The van der Waals surface area contributed by atoms with Crippen LogP contribution >= 0.6 is 35.4 Å². The minimum absolute atomic E-state index is 0.236. The van der Waals surface area contributed by atoms with Crippen LogP contribution in [-0.2, 0) is 0 Å². The summed E-state index contributed by atoms with van der Waals surface area (Å²) >= 11 is 17.3. The number of nitrogens with one attached hydrogen (secondary N) is 2. The van der Waals surface area contributed by atoms with Gasteiger partial charge in [-0.3, -0.25) is 0 Å². The van der Waals surface area contributed by atoms with Gasteiger partial charge in [0.1, 0.15) is 0 Å². The van der Waals surface area contributed by atoms with Gasteiger partial charge in [-0.1, -0.05) is 29.3 Å². The fourth-order valence-corrected chi connectivity index (χ4v) is 2.43. The number of anilines is 2. The lowest BCUT2D eigenvalue weighted by Crippen LogP contribution is -2.19. The molecule has 0 saturated heterocycles. The minimum atomic E-state index is 0.236. The molecule has 0 amide bonds. The number of fused-ring (bicyclic) bond motifs is 1. The molecule has 108 valence electrons. The van der Waals surface area contributed by atoms with Crippen molar-refractivity contribution < 1.29 is 9.47 Å². The maximum atomic E-state index is 6.10. The molecule has 1 aliphatic rings. The molecule has 1 heterocycles. The summed E-state index contributed by atoms with van der Waals surface area (Å²) in [6.07, 6.45) is 0. The fraction of sp³-hybridized carbons (Fsp3) is 0.0714. The van der Waals surface area contributed by atoms with Gasteiger partial charge in [-0.05, 0) is 36.5 Å². The van der Waals surface area contributed by atoms with Crippen LogP contribution in [0, 0.1) is 0 Å². The summed E-state index contributed by atoms with van der Waals surface area (Å²) in [5, 5.41) is 7.34. The highest BCUT2D eigenvalue weighted by molar-refractivity contribution is 7.80. The third kappa shape index (κ3) is 3.15. The van der Waals surface area contributed by atoms with Gasteiger partial charge in [0.2, 0.25) is 6.79 Å². The molecule has 2 N–H and O–H groups in total. The van der Waals surface area contributed by atoms with E-state index in [1.54, 1.807) is 18.2 Å². The molecule has 2 aromatic rings. The molecule has 0 fully saturated rings. The van der Waals surface area contributed by atoms with Crippen LogP contribution in [0.4, 0.5) is 11.4 Å². The van der Waals surface area contributed by atoms with Crippen LogP contribution in [0.3, 0.4) is 0 Å². The Balaban J connectivity index is 1.70. The lowest BCUT2D eigenvalue weighted by Gasteiger charge is -2.12. The molecule has 0 aromatic heterocycles. The van der Waals surface area contributed by atoms with Crippen LogP contribution in [0.25, 0.3) is 0 Å². The van der Waals surface area contributed by atoms with Crippen molar-refractivity contribution in [2.75, 3.05) is 17.4 Å². The average Bonchev–Trinajstić information content (AvgIpc) is 2.91. The number of halogens is 2. The van der Waals surface area contributed by atoms with Gasteiger partial charge in [0, 0.05) is 11.8 Å². The van der Waals surface area contributed by atoms with E-state index in [-0.39, 0.29) is 6.79 Å². The maximum absolute atomic E-state index is 6.10. The van der Waals surface area contributed by atoms with Crippen molar-refractivity contribution in [3.8, 4) is 11.5 Å². The monoisotopic (exact) mass is 340 g/mol. The second-order valence-electron chi connectivity index (χ2n) is 4.25. The Kier molecular flexibility index (Phi) is 4.05. The van der Waals surface area contributed by atoms with Gasteiger partial charge in [0.05, 0.1) is 15.7 Å². The third-order valence-electron chi connectivity index (χ3n) is 2.83. The first kappa shape index (κ1) is 14.3. The van der Waals surface area contributed by atoms with E-state index < -0.39 is 0 Å². The molecular formula is C14H10Cl2N2O2S. The summed E-state index contributed by atoms with van der Waals surface area (Å²) in [6.45, 7) is 0.236. The standard InChI is InChI=1S/C14H10Cl2N2O2S/c15-9-2-1-3-10(13(9)16)18-14(21)17-8-4-5-11-12(6-8)20-7-19-11/h1-6H,7H2,(H2,17,18,21). The van der Waals surface area contributed by atoms with E-state index in [9.17, 15) is 0 Å². The van der Waals surface area contributed by atoms with Crippen LogP contribution in [0.1, 0.15) is 0 Å². The zero-order valence-corrected chi connectivity index (χ0v) is 13.0. The molecule has 0 saturated carbocycles. The van der Waals surface area contributed by atoms with E-state index in [0.29, 0.717) is 26.6 Å². The first-order chi connectivity index (χ1) is 10.1. The van der Waals surface area contributed by atoms with E-state index in [1.165, 1.54) is 0 Å². The Hall–Kier alpha value is -1.69. The number of hydrogen-bond acceptors (Lipinski definition) is 3. The average molecular weight is 341 g/mol. The molecule has 0 radical (unpaired) electrons. The van der Waals surface area contributed by atoms with Gasteiger partial charge < -0.3 is 20.1 Å². The molecule has 0 aliphatic carbocycles. The van der Waals surface area contributed by atoms with Crippen molar-refractivity contribution in [1.82, 2.24) is 0 Å². The number of rotatable bonds is 2. The molecular weight excluding hydrogens is 331 g/mol. The fourth-order valence-electron chi connectivity index (χ4n) is 1.86. The summed E-state index contributed by atoms with van der Waals surface area (Å²) in [5.41, 5.74) is 1.43. The summed E-state index contributed by atoms with van der Waals surface area (Å²) in [7, 11) is 0. The summed E-state index contributed by atoms with van der Waals surface area (Å²) in [5.74, 6) is 1.40. The SMILES string of the molecule is S=C(Nc1ccc2c(c1)OCO2)Nc1cccc(Cl)c1Cl. The Morgan fingerprint density at radius 3 is 2.71 bits per heavy atom. The number of benzene rings is 2. The van der Waals surface area contributed by atoms with Crippen LogP contribution in [0.15, 0.2) is 36.4 Å². The van der Waals surface area contributed by atoms with Gasteiger partial charge in [0.25, 0.3) is 0 Å². The zero-order chi connectivity index (χ0) is 14.8. The van der Waals surface area contributed by atoms with Crippen LogP contribution in [-0.4, -0.2) is 11.9 Å². The van der Waals surface area contributed by atoms with Crippen molar-refractivity contribution in [2.24, 2.45) is 0 Å². The first-order valence-corrected chi connectivity index (χ1v) is 7.21. The van der Waals surface area contributed by atoms with E-state index in [1.807, 2.05) is 18.2 Å². The highest BCUT2D eigenvalue weighted by atomic mass is 35.5. The Morgan fingerprint density at radius 2 is 1.86 bits per heavy atom. The number of ether oxygens (including phenoxy) is 2. The van der Waals surface area contributed by atoms with Crippen molar-refractivity contribution in [3.05, 3.63) is 46.4 Å². The second kappa shape index (κ2) is 5.97. The van der Waals surface area contributed by atoms with E-state index in [0.717, 1.165) is 11.4 Å². The minimum Gasteiger partial charge on any atom is -0.454 e. The summed E-state index contributed by atoms with van der Waals surface area (Å²) < 4.78 is 10.6. The molecule has 2 aromatic carbocycles. The second-order valence-corrected chi connectivity index (χ2v) is 5.44. The van der Waals surface area contributed by atoms with Crippen molar-refractivity contribution in [1.29, 1.82) is 0 Å². The van der Waals surface area contributed by atoms with Crippen molar-refractivity contribution in [2.45, 2.75) is 0 Å². The molecule has 0 atom stereocenters. The Bertz CT molecular complexity index is 709. The Morgan fingerprint density at radius 1 is 1.05 bits per heavy atom. The van der Waals surface area contributed by atoms with Gasteiger partial charge >= 0.3 is 0 Å².